The Bertz CT molecular complexity index is 1130. The molecule has 7 nitrogen and oxygen atoms in total. The van der Waals surface area contributed by atoms with E-state index in [2.05, 4.69) is 20.8 Å². The van der Waals surface area contributed by atoms with Gasteiger partial charge in [0.2, 0.25) is 0 Å². The Morgan fingerprint density at radius 3 is 2.35 bits per heavy atom. The average Bonchev–Trinajstić information content (AvgIpc) is 3.15. The van der Waals surface area contributed by atoms with Crippen molar-refractivity contribution in [2.45, 2.75) is 97.5 Å². The highest BCUT2D eigenvalue weighted by atomic mass is 32.2. The molecule has 1 saturated carbocycles. The summed E-state index contributed by atoms with van der Waals surface area (Å²) in [5.41, 5.74) is -6.23. The maximum Gasteiger partial charge on any atom is 0.516 e. The van der Waals surface area contributed by atoms with Gasteiger partial charge in [-0.3, -0.25) is 4.31 Å². The molecule has 0 saturated heterocycles. The Balaban J connectivity index is 2.04. The summed E-state index contributed by atoms with van der Waals surface area (Å²) >= 11 is 0. The van der Waals surface area contributed by atoms with Gasteiger partial charge < -0.3 is 14.6 Å². The highest BCUT2D eigenvalue weighted by Crippen LogP contribution is 2.46. The summed E-state index contributed by atoms with van der Waals surface area (Å²) < 4.78 is 76.3. The van der Waals surface area contributed by atoms with Crippen LogP contribution in [0.1, 0.15) is 83.6 Å². The van der Waals surface area contributed by atoms with E-state index in [0.29, 0.717) is 18.3 Å². The Kier molecular flexibility index (Phi) is 8.21. The van der Waals surface area contributed by atoms with Gasteiger partial charge in [0, 0.05) is 17.7 Å². The van der Waals surface area contributed by atoms with Crippen LogP contribution >= 0.6 is 0 Å². The first-order chi connectivity index (χ1) is 16.8. The summed E-state index contributed by atoms with van der Waals surface area (Å²) in [6.45, 7) is 12.5. The molecule has 11 heteroatoms. The molecular weight excluding hydrogens is 511 g/mol. The second-order valence-electron chi connectivity index (χ2n) is 11.6. The number of phenolic OH excluding ortho intramolecular Hbond substituents is 1. The Hall–Kier alpha value is -2.01. The fourth-order valence-electron chi connectivity index (χ4n) is 5.39. The summed E-state index contributed by atoms with van der Waals surface area (Å²) in [7, 11) is -5.64. The molecule has 3 rings (SSSR count). The molecule has 0 bridgehead atoms. The zero-order valence-corrected chi connectivity index (χ0v) is 23.3. The number of carbonyl (C=O) groups excluding carboxylic acids is 1. The second-order valence-corrected chi connectivity index (χ2v) is 13.5. The van der Waals surface area contributed by atoms with E-state index in [4.69, 9.17) is 9.47 Å². The molecule has 1 N–H and O–H groups in total. The number of benzene rings is 1. The fraction of sp³-hybridized carbons (Fsp3) is 0.731. The number of hydrogen-bond acceptors (Lipinski definition) is 6. The number of aromatic hydroxyl groups is 1. The molecule has 1 aliphatic heterocycles. The number of fused-ring (bicyclic) bond motifs is 1. The molecule has 0 spiro atoms. The zero-order valence-electron chi connectivity index (χ0n) is 22.5. The largest absolute Gasteiger partial charge is 0.516 e. The summed E-state index contributed by atoms with van der Waals surface area (Å²) in [6, 6.07) is 1.26. The number of aryl methyl sites for hydroxylation is 1. The van der Waals surface area contributed by atoms with Crippen molar-refractivity contribution >= 4 is 21.7 Å². The molecule has 2 aliphatic rings. The highest BCUT2D eigenvalue weighted by Gasteiger charge is 2.52. The molecule has 0 radical (unpaired) electrons. The zero-order chi connectivity index (χ0) is 28.1. The Morgan fingerprint density at radius 2 is 1.81 bits per heavy atom. The molecule has 1 heterocycles. The number of nitrogens with zero attached hydrogens (tertiary/aromatic N) is 1. The quantitative estimate of drug-likeness (QED) is 0.453. The highest BCUT2D eigenvalue weighted by molar-refractivity contribution is 7.93. The second kappa shape index (κ2) is 10.3. The Labute approximate surface area is 217 Å². The number of carbonyl (C=O) groups is 1. The minimum absolute atomic E-state index is 0.0232. The molecule has 1 aromatic rings. The van der Waals surface area contributed by atoms with E-state index in [9.17, 15) is 31.5 Å². The number of rotatable bonds is 6. The van der Waals surface area contributed by atoms with E-state index >= 15 is 0 Å². The van der Waals surface area contributed by atoms with Crippen molar-refractivity contribution in [3.05, 3.63) is 22.8 Å². The van der Waals surface area contributed by atoms with Gasteiger partial charge in [0.05, 0.1) is 11.3 Å². The van der Waals surface area contributed by atoms with Crippen molar-refractivity contribution in [2.75, 3.05) is 10.8 Å². The van der Waals surface area contributed by atoms with Crippen LogP contribution in [-0.4, -0.2) is 43.3 Å². The number of phenols is 1. The molecule has 0 aromatic heterocycles. The van der Waals surface area contributed by atoms with Crippen molar-refractivity contribution in [1.82, 2.24) is 0 Å². The predicted molar refractivity (Wildman–Crippen MR) is 134 cm³/mol. The van der Waals surface area contributed by atoms with Crippen LogP contribution < -0.4 is 4.31 Å². The average molecular weight is 550 g/mol. The lowest BCUT2D eigenvalue weighted by atomic mass is 9.75. The number of anilines is 1. The van der Waals surface area contributed by atoms with Gasteiger partial charge in [-0.15, -0.1) is 0 Å². The molecule has 1 fully saturated rings. The third kappa shape index (κ3) is 6.02. The van der Waals surface area contributed by atoms with E-state index < -0.39 is 45.5 Å². The van der Waals surface area contributed by atoms with Crippen molar-refractivity contribution < 1.29 is 41.0 Å². The normalized spacial score (nSPS) is 23.8. The standard InChI is InChI=1S/C26H38F3NO6S/c1-14(2)17-9-8-15(3)12-20(17)35-24(32)23(36-25(5,6)7)21-16(4)13-19-18(22(21)31)10-11-30(19)37(33,34)26(27,28)29/h13-15,17,20,23,31H,8-12H2,1-7H3/t15-,17+,20-,23+/m1/s1. The van der Waals surface area contributed by atoms with Crippen molar-refractivity contribution in [2.24, 2.45) is 17.8 Å². The SMILES string of the molecule is Cc1cc2c(c(O)c1[C@H](OC(C)(C)C)C(=O)O[C@@H]1C[C@H](C)CC[C@H]1C(C)C)CCN2S(=O)(=O)C(F)(F)F. The topological polar surface area (TPSA) is 93.1 Å². The minimum atomic E-state index is -5.64. The molecule has 210 valence electrons. The first kappa shape index (κ1) is 29.5. The molecule has 0 unspecified atom stereocenters. The van der Waals surface area contributed by atoms with Crippen LogP contribution in [0.3, 0.4) is 0 Å². The number of esters is 1. The van der Waals surface area contributed by atoms with Crippen LogP contribution in [0.2, 0.25) is 0 Å². The summed E-state index contributed by atoms with van der Waals surface area (Å²) in [5, 5.41) is 11.2. The summed E-state index contributed by atoms with van der Waals surface area (Å²) in [4.78, 5) is 13.6. The van der Waals surface area contributed by atoms with Gasteiger partial charge in [-0.2, -0.15) is 21.6 Å². The van der Waals surface area contributed by atoms with Crippen molar-refractivity contribution in [3.8, 4) is 5.75 Å². The lowest BCUT2D eigenvalue weighted by molar-refractivity contribution is -0.179. The van der Waals surface area contributed by atoms with Crippen LogP contribution in [0, 0.1) is 24.7 Å². The van der Waals surface area contributed by atoms with Crippen molar-refractivity contribution in [1.29, 1.82) is 0 Å². The summed E-state index contributed by atoms with van der Waals surface area (Å²) in [6.07, 6.45) is 0.859. The molecule has 37 heavy (non-hydrogen) atoms. The number of ether oxygens (including phenoxy) is 2. The van der Waals surface area contributed by atoms with Gasteiger partial charge in [-0.1, -0.05) is 27.2 Å². The number of alkyl halides is 3. The maximum atomic E-state index is 13.6. The minimum Gasteiger partial charge on any atom is -0.507 e. The van der Waals surface area contributed by atoms with E-state index in [1.54, 1.807) is 20.8 Å². The van der Waals surface area contributed by atoms with E-state index in [1.807, 2.05) is 0 Å². The molecule has 1 aliphatic carbocycles. The monoisotopic (exact) mass is 549 g/mol. The van der Waals surface area contributed by atoms with Crippen LogP contribution in [0.4, 0.5) is 18.9 Å². The smallest absolute Gasteiger partial charge is 0.507 e. The van der Waals surface area contributed by atoms with Crippen molar-refractivity contribution in [3.63, 3.8) is 0 Å². The van der Waals surface area contributed by atoms with Crippen LogP contribution in [0.25, 0.3) is 0 Å². The van der Waals surface area contributed by atoms with E-state index in [1.165, 1.54) is 13.0 Å². The van der Waals surface area contributed by atoms with E-state index in [0.717, 1.165) is 12.8 Å². The molecule has 4 atom stereocenters. The lowest BCUT2D eigenvalue weighted by Crippen LogP contribution is -2.39. The van der Waals surface area contributed by atoms with Gasteiger partial charge in [0.15, 0.2) is 6.10 Å². The number of hydrogen-bond donors (Lipinski definition) is 1. The third-order valence-corrected chi connectivity index (χ3v) is 8.77. The maximum absolute atomic E-state index is 13.6. The fourth-order valence-corrected chi connectivity index (χ4v) is 6.39. The first-order valence-electron chi connectivity index (χ1n) is 12.7. The van der Waals surface area contributed by atoms with Crippen LogP contribution in [-0.2, 0) is 30.7 Å². The number of sulfonamides is 1. The van der Waals surface area contributed by atoms with Gasteiger partial charge in [0.25, 0.3) is 0 Å². The molecule has 0 amide bonds. The first-order valence-corrected chi connectivity index (χ1v) is 14.1. The molecule has 1 aromatic carbocycles. The molecular formula is C26H38F3NO6S. The number of halogens is 3. The predicted octanol–water partition coefficient (Wildman–Crippen LogP) is 5.77. The van der Waals surface area contributed by atoms with E-state index in [-0.39, 0.29) is 45.1 Å². The van der Waals surface area contributed by atoms with Gasteiger partial charge in [-0.25, -0.2) is 4.79 Å². The van der Waals surface area contributed by atoms with Crippen LogP contribution in [0.5, 0.6) is 5.75 Å². The Morgan fingerprint density at radius 1 is 1.19 bits per heavy atom. The van der Waals surface area contributed by atoms with Gasteiger partial charge >= 0.3 is 21.5 Å². The van der Waals surface area contributed by atoms with Gasteiger partial charge in [-0.05, 0) is 76.3 Å². The van der Waals surface area contributed by atoms with Gasteiger partial charge in [0.1, 0.15) is 11.9 Å². The van der Waals surface area contributed by atoms with Crippen LogP contribution in [0.15, 0.2) is 6.07 Å². The lowest BCUT2D eigenvalue weighted by Gasteiger charge is -2.38. The summed E-state index contributed by atoms with van der Waals surface area (Å²) in [5.74, 6) is -0.281. The third-order valence-electron chi connectivity index (χ3n) is 7.22.